The number of hydrogen-bond donors (Lipinski definition) is 0. The molecule has 1 aliphatic rings. The van der Waals surface area contributed by atoms with E-state index in [1.807, 2.05) is 121 Å². The molecule has 0 saturated heterocycles. The van der Waals surface area contributed by atoms with Crippen LogP contribution in [0.5, 0.6) is 0 Å². The molecule has 234 valence electrons. The van der Waals surface area contributed by atoms with E-state index in [-0.39, 0.29) is 5.91 Å². The first kappa shape index (κ1) is 29.1. The van der Waals surface area contributed by atoms with Crippen molar-refractivity contribution in [3.05, 3.63) is 181 Å². The molecule has 0 aliphatic carbocycles. The molecule has 9 rings (SSSR count). The van der Waals surface area contributed by atoms with E-state index in [4.69, 9.17) is 6.57 Å². The number of hydrogen-bond acceptors (Lipinski definition) is 3. The van der Waals surface area contributed by atoms with E-state index in [9.17, 15) is 9.59 Å². The predicted octanol–water partition coefficient (Wildman–Crippen LogP) is 10.5. The third-order valence-electron chi connectivity index (χ3n) is 9.47. The minimum absolute atomic E-state index is 0.331. The number of aromatic nitrogens is 2. The molecule has 0 bridgehead atoms. The van der Waals surface area contributed by atoms with Crippen molar-refractivity contribution in [3.63, 3.8) is 0 Å². The lowest BCUT2D eigenvalue weighted by molar-refractivity contribution is 0.0926. The van der Waals surface area contributed by atoms with Gasteiger partial charge in [0.1, 0.15) is 0 Å². The van der Waals surface area contributed by atoms with Crippen LogP contribution in [0.2, 0.25) is 0 Å². The van der Waals surface area contributed by atoms with Crippen molar-refractivity contribution >= 4 is 45.0 Å². The number of para-hydroxylation sites is 2. The van der Waals surface area contributed by atoms with Gasteiger partial charge in [-0.25, -0.2) is 9.74 Å². The van der Waals surface area contributed by atoms with Crippen LogP contribution in [-0.2, 0) is 0 Å². The zero-order valence-corrected chi connectivity index (χ0v) is 26.6. The van der Waals surface area contributed by atoms with Gasteiger partial charge in [0.2, 0.25) is 0 Å². The molecule has 2 aromatic heterocycles. The van der Waals surface area contributed by atoms with Gasteiger partial charge in [-0.2, -0.15) is 0 Å². The first-order valence-corrected chi connectivity index (χ1v) is 16.2. The van der Waals surface area contributed by atoms with Crippen molar-refractivity contribution in [2.24, 2.45) is 0 Å². The van der Waals surface area contributed by atoms with Crippen LogP contribution in [0.15, 0.2) is 158 Å². The maximum absolute atomic E-state index is 14.8. The highest BCUT2D eigenvalue weighted by Crippen LogP contribution is 2.44. The minimum Gasteiger partial charge on any atom is -0.308 e. The second-order valence-electron chi connectivity index (χ2n) is 12.2. The van der Waals surface area contributed by atoms with E-state index in [0.717, 1.165) is 49.6 Å². The van der Waals surface area contributed by atoms with Crippen LogP contribution in [0.25, 0.3) is 65.7 Å². The molecule has 3 heterocycles. The standard InChI is InChI=1S/C44H26N4O2/c1-45-37-24-25-46-27-36(37)33-18-10-17-32-31-16-8-9-20-38(31)47(42(32)33)40-21-11-19-34-41(40)44(50)48(43(34)49)39-23-22-30(28-12-4-2-5-13-28)26-35(39)29-14-6-3-7-15-29/h2-27H. The molecule has 0 saturated carbocycles. The zero-order valence-electron chi connectivity index (χ0n) is 26.6. The summed E-state index contributed by atoms with van der Waals surface area (Å²) in [7, 11) is 0. The summed E-state index contributed by atoms with van der Waals surface area (Å²) in [6.07, 6.45) is 3.33. The molecule has 8 aromatic rings. The second kappa shape index (κ2) is 11.6. The van der Waals surface area contributed by atoms with Gasteiger partial charge in [-0.15, -0.1) is 0 Å². The van der Waals surface area contributed by atoms with E-state index in [1.165, 1.54) is 4.90 Å². The van der Waals surface area contributed by atoms with Crippen molar-refractivity contribution in [2.45, 2.75) is 0 Å². The molecule has 2 amide bonds. The number of fused-ring (bicyclic) bond motifs is 4. The Labute approximate surface area is 287 Å². The van der Waals surface area contributed by atoms with Gasteiger partial charge in [-0.3, -0.25) is 14.6 Å². The fourth-order valence-electron chi connectivity index (χ4n) is 7.24. The van der Waals surface area contributed by atoms with Crippen LogP contribution < -0.4 is 4.90 Å². The molecule has 6 heteroatoms. The van der Waals surface area contributed by atoms with E-state index >= 15 is 0 Å². The molecule has 0 atom stereocenters. The summed E-state index contributed by atoms with van der Waals surface area (Å²) in [4.78, 5) is 38.7. The van der Waals surface area contributed by atoms with Gasteiger partial charge < -0.3 is 4.57 Å². The first-order chi connectivity index (χ1) is 24.6. The number of carbonyl (C=O) groups excluding carboxylic acids is 2. The summed E-state index contributed by atoms with van der Waals surface area (Å²) >= 11 is 0. The smallest absolute Gasteiger partial charge is 0.268 e. The molecular formula is C44H26N4O2. The number of imide groups is 1. The quantitative estimate of drug-likeness (QED) is 0.139. The summed E-state index contributed by atoms with van der Waals surface area (Å²) in [5.74, 6) is -0.767. The van der Waals surface area contributed by atoms with Crippen LogP contribution in [-0.4, -0.2) is 21.4 Å². The van der Waals surface area contributed by atoms with Gasteiger partial charge in [-0.1, -0.05) is 109 Å². The number of amides is 2. The molecular weight excluding hydrogens is 617 g/mol. The lowest BCUT2D eigenvalue weighted by atomic mass is 9.97. The van der Waals surface area contributed by atoms with Crippen LogP contribution >= 0.6 is 0 Å². The van der Waals surface area contributed by atoms with Crippen LogP contribution in [0.1, 0.15) is 20.7 Å². The Bertz CT molecular complexity index is 2710. The maximum atomic E-state index is 14.8. The Hall–Kier alpha value is -7.10. The molecule has 0 radical (unpaired) electrons. The number of anilines is 1. The number of carbonyl (C=O) groups is 2. The third kappa shape index (κ3) is 4.38. The average molecular weight is 643 g/mol. The van der Waals surface area contributed by atoms with Crippen molar-refractivity contribution in [3.8, 4) is 39.1 Å². The van der Waals surface area contributed by atoms with Crippen LogP contribution in [0.4, 0.5) is 11.4 Å². The van der Waals surface area contributed by atoms with Crippen LogP contribution in [0.3, 0.4) is 0 Å². The lowest BCUT2D eigenvalue weighted by Crippen LogP contribution is -2.30. The fourth-order valence-corrected chi connectivity index (χ4v) is 7.24. The number of pyridine rings is 1. The van der Waals surface area contributed by atoms with Gasteiger partial charge in [0.05, 0.1) is 40.1 Å². The van der Waals surface area contributed by atoms with Crippen molar-refractivity contribution in [1.29, 1.82) is 0 Å². The molecule has 6 nitrogen and oxygen atoms in total. The predicted molar refractivity (Wildman–Crippen MR) is 199 cm³/mol. The SMILES string of the molecule is [C-]#[N+]c1ccncc1-c1cccc2c3ccccc3n(-c3cccc4c3C(=O)N(c3ccc(-c5ccccc5)cc3-c3ccccc3)C4=O)c12. The van der Waals surface area contributed by atoms with Crippen LogP contribution in [0, 0.1) is 6.57 Å². The Morgan fingerprint density at radius 2 is 1.24 bits per heavy atom. The molecule has 0 spiro atoms. The Kier molecular flexibility index (Phi) is 6.72. The summed E-state index contributed by atoms with van der Waals surface area (Å²) < 4.78 is 2.06. The van der Waals surface area contributed by atoms with E-state index in [2.05, 4.69) is 26.5 Å². The van der Waals surface area contributed by atoms with E-state index < -0.39 is 5.91 Å². The third-order valence-corrected chi connectivity index (χ3v) is 9.47. The van der Waals surface area contributed by atoms with Crippen molar-refractivity contribution in [2.75, 3.05) is 4.90 Å². The highest BCUT2D eigenvalue weighted by Gasteiger charge is 2.40. The van der Waals surface area contributed by atoms with Gasteiger partial charge in [0.15, 0.2) is 5.69 Å². The molecule has 0 unspecified atom stereocenters. The Balaban J connectivity index is 1.28. The molecule has 0 N–H and O–H groups in total. The summed E-state index contributed by atoms with van der Waals surface area (Å²) in [6.45, 7) is 7.86. The minimum atomic E-state index is -0.392. The topological polar surface area (TPSA) is 59.6 Å². The fraction of sp³-hybridized carbons (Fsp3) is 0. The van der Waals surface area contributed by atoms with Gasteiger partial charge in [-0.05, 0) is 58.7 Å². The van der Waals surface area contributed by atoms with Gasteiger partial charge in [0.25, 0.3) is 11.8 Å². The zero-order chi connectivity index (χ0) is 33.8. The molecule has 50 heavy (non-hydrogen) atoms. The number of rotatable bonds is 5. The Morgan fingerprint density at radius 1 is 0.540 bits per heavy atom. The normalized spacial score (nSPS) is 12.4. The Morgan fingerprint density at radius 3 is 2.04 bits per heavy atom. The van der Waals surface area contributed by atoms with Gasteiger partial charge in [0, 0.05) is 34.3 Å². The van der Waals surface area contributed by atoms with Crippen molar-refractivity contribution in [1.82, 2.24) is 9.55 Å². The monoisotopic (exact) mass is 642 g/mol. The number of benzene rings is 6. The number of nitrogens with zero attached hydrogens (tertiary/aromatic N) is 4. The lowest BCUT2D eigenvalue weighted by Gasteiger charge is -2.20. The molecule has 0 fully saturated rings. The summed E-state index contributed by atoms with van der Waals surface area (Å²) in [6, 6.07) is 47.0. The average Bonchev–Trinajstić information content (AvgIpc) is 3.66. The summed E-state index contributed by atoms with van der Waals surface area (Å²) in [5, 5.41) is 1.96. The first-order valence-electron chi connectivity index (χ1n) is 16.2. The largest absolute Gasteiger partial charge is 0.308 e. The van der Waals surface area contributed by atoms with Gasteiger partial charge >= 0.3 is 0 Å². The highest BCUT2D eigenvalue weighted by atomic mass is 16.2. The molecule has 1 aliphatic heterocycles. The van der Waals surface area contributed by atoms with E-state index in [0.29, 0.717) is 33.8 Å². The highest BCUT2D eigenvalue weighted by molar-refractivity contribution is 6.36. The maximum Gasteiger partial charge on any atom is 0.268 e. The second-order valence-corrected chi connectivity index (χ2v) is 12.2. The molecule has 6 aromatic carbocycles. The van der Waals surface area contributed by atoms with Crippen molar-refractivity contribution < 1.29 is 9.59 Å². The summed E-state index contributed by atoms with van der Waals surface area (Å²) in [5.41, 5.74) is 9.19. The van der Waals surface area contributed by atoms with E-state index in [1.54, 1.807) is 24.5 Å².